The van der Waals surface area contributed by atoms with E-state index in [0.717, 1.165) is 17.9 Å². The van der Waals surface area contributed by atoms with E-state index in [2.05, 4.69) is 29.2 Å². The van der Waals surface area contributed by atoms with Crippen LogP contribution >= 0.6 is 11.6 Å². The van der Waals surface area contributed by atoms with E-state index in [-0.39, 0.29) is 0 Å². The Labute approximate surface area is 135 Å². The van der Waals surface area contributed by atoms with Crippen LogP contribution in [0, 0.1) is 0 Å². The first-order chi connectivity index (χ1) is 10.8. The number of methoxy groups -OCH3 is 1. The molecule has 2 nitrogen and oxygen atoms in total. The van der Waals surface area contributed by atoms with E-state index in [1.54, 1.807) is 7.11 Å². The number of rotatable bonds is 3. The molecule has 3 aliphatic rings. The fourth-order valence-electron chi connectivity index (χ4n) is 3.23. The maximum absolute atomic E-state index is 6.42. The first-order valence-electron chi connectivity index (χ1n) is 7.46. The molecule has 1 saturated carbocycles. The quantitative estimate of drug-likeness (QED) is 0.670. The Hall–Kier alpha value is -2.06. The molecule has 2 aliphatic carbocycles. The summed E-state index contributed by atoms with van der Waals surface area (Å²) in [4.78, 5) is 4.52. The lowest BCUT2D eigenvalue weighted by atomic mass is 10.0. The third kappa shape index (κ3) is 2.24. The lowest BCUT2D eigenvalue weighted by molar-refractivity contribution is 0.414. The van der Waals surface area contributed by atoms with Crippen molar-refractivity contribution in [2.45, 2.75) is 18.3 Å². The van der Waals surface area contributed by atoms with E-state index in [9.17, 15) is 0 Å². The van der Waals surface area contributed by atoms with Crippen LogP contribution in [0.1, 0.15) is 29.4 Å². The largest absolute Gasteiger partial charge is 0.497 e. The van der Waals surface area contributed by atoms with Gasteiger partial charge in [0.15, 0.2) is 0 Å². The van der Waals surface area contributed by atoms with Gasteiger partial charge in [0, 0.05) is 11.1 Å². The van der Waals surface area contributed by atoms with E-state index < -0.39 is 0 Å². The number of nitrogens with zero attached hydrogens (tertiary/aromatic N) is 1. The fourth-order valence-corrected chi connectivity index (χ4v) is 3.56. The summed E-state index contributed by atoms with van der Waals surface area (Å²) in [5.74, 6) is 1.89. The maximum atomic E-state index is 6.42. The van der Waals surface area contributed by atoms with E-state index in [1.165, 1.54) is 16.7 Å². The Bertz CT molecular complexity index is 784. The van der Waals surface area contributed by atoms with Crippen LogP contribution in [0.5, 0.6) is 5.75 Å². The summed E-state index contributed by atoms with van der Waals surface area (Å²) in [6.07, 6.45) is 1.13. The molecule has 110 valence electrons. The van der Waals surface area contributed by atoms with Gasteiger partial charge in [0.1, 0.15) is 10.9 Å². The Balaban J connectivity index is 1.66. The Kier molecular flexibility index (Phi) is 3.27. The molecule has 0 unspecified atom stereocenters. The Morgan fingerprint density at radius 2 is 1.77 bits per heavy atom. The SMILES string of the molecule is COc1ccc([C@H]2C[C@@H]2c2c3cccccc-3nc2Cl)cc1. The molecule has 4 rings (SSSR count). The topological polar surface area (TPSA) is 22.1 Å². The number of fused-ring (bicyclic) bond motifs is 1. The summed E-state index contributed by atoms with van der Waals surface area (Å²) < 4.78 is 5.22. The van der Waals surface area contributed by atoms with Gasteiger partial charge in [-0.15, -0.1) is 0 Å². The molecule has 0 saturated heterocycles. The highest BCUT2D eigenvalue weighted by atomic mass is 35.5. The summed E-state index contributed by atoms with van der Waals surface area (Å²) >= 11 is 6.42. The van der Waals surface area contributed by atoms with Crippen molar-refractivity contribution in [2.75, 3.05) is 7.11 Å². The standard InChI is InChI=1S/C19H16ClNO/c1-22-13-9-7-12(8-10-13)15-11-16(15)18-14-5-3-2-4-6-17(14)21-19(18)20/h2-10,15-16H,11H2,1H3/t15-,16+/m1/s1. The zero-order valence-electron chi connectivity index (χ0n) is 12.3. The second kappa shape index (κ2) is 5.29. The van der Waals surface area contributed by atoms with Gasteiger partial charge in [-0.3, -0.25) is 0 Å². The normalized spacial score (nSPS) is 20.1. The average molecular weight is 310 g/mol. The molecule has 0 radical (unpaired) electrons. The van der Waals surface area contributed by atoms with Gasteiger partial charge in [-0.1, -0.05) is 48.0 Å². The molecule has 1 aromatic carbocycles. The molecule has 2 atom stereocenters. The van der Waals surface area contributed by atoms with Crippen molar-refractivity contribution in [2.24, 2.45) is 0 Å². The number of ether oxygens (including phenoxy) is 1. The van der Waals surface area contributed by atoms with Crippen molar-refractivity contribution in [3.63, 3.8) is 0 Å². The minimum atomic E-state index is 0.466. The van der Waals surface area contributed by atoms with Crippen LogP contribution < -0.4 is 4.74 Å². The van der Waals surface area contributed by atoms with Crippen LogP contribution in [0.4, 0.5) is 0 Å². The number of hydrogen-bond donors (Lipinski definition) is 0. The number of halogens is 1. The molecule has 3 heteroatoms. The van der Waals surface area contributed by atoms with E-state index >= 15 is 0 Å². The molecule has 0 aromatic heterocycles. The summed E-state index contributed by atoms with van der Waals surface area (Å²) in [6.45, 7) is 0. The highest BCUT2D eigenvalue weighted by Crippen LogP contribution is 2.58. The second-order valence-corrected chi connectivity index (χ2v) is 6.11. The van der Waals surface area contributed by atoms with Crippen LogP contribution in [-0.4, -0.2) is 12.1 Å². The predicted molar refractivity (Wildman–Crippen MR) is 89.0 cm³/mol. The molecule has 1 aromatic rings. The van der Waals surface area contributed by atoms with Crippen molar-refractivity contribution in [1.82, 2.24) is 4.98 Å². The van der Waals surface area contributed by atoms with Crippen LogP contribution in [-0.2, 0) is 0 Å². The smallest absolute Gasteiger partial charge is 0.133 e. The van der Waals surface area contributed by atoms with Gasteiger partial charge in [0.2, 0.25) is 0 Å². The highest BCUT2D eigenvalue weighted by molar-refractivity contribution is 6.31. The highest BCUT2D eigenvalue weighted by Gasteiger charge is 2.43. The molecular formula is C19H16ClNO. The summed E-state index contributed by atoms with van der Waals surface area (Å²) in [7, 11) is 1.69. The lowest BCUT2D eigenvalue weighted by Gasteiger charge is -2.04. The van der Waals surface area contributed by atoms with Crippen molar-refractivity contribution >= 4 is 11.6 Å². The van der Waals surface area contributed by atoms with Crippen molar-refractivity contribution in [1.29, 1.82) is 0 Å². The molecule has 0 bridgehead atoms. The Morgan fingerprint density at radius 1 is 1.00 bits per heavy atom. The molecule has 1 aliphatic heterocycles. The van der Waals surface area contributed by atoms with Gasteiger partial charge in [0.05, 0.1) is 12.8 Å². The van der Waals surface area contributed by atoms with Crippen LogP contribution in [0.25, 0.3) is 11.3 Å². The molecule has 0 amide bonds. The van der Waals surface area contributed by atoms with E-state index in [1.807, 2.05) is 30.3 Å². The second-order valence-electron chi connectivity index (χ2n) is 5.75. The number of hydrogen-bond acceptors (Lipinski definition) is 2. The van der Waals surface area contributed by atoms with Gasteiger partial charge < -0.3 is 4.74 Å². The summed E-state index contributed by atoms with van der Waals surface area (Å²) in [6, 6.07) is 18.6. The third-order valence-electron chi connectivity index (χ3n) is 4.45. The van der Waals surface area contributed by atoms with Crippen molar-refractivity contribution in [3.05, 3.63) is 70.9 Å². The first-order valence-corrected chi connectivity index (χ1v) is 7.84. The monoisotopic (exact) mass is 309 g/mol. The third-order valence-corrected chi connectivity index (χ3v) is 4.74. The lowest BCUT2D eigenvalue weighted by Crippen LogP contribution is -1.87. The molecular weight excluding hydrogens is 294 g/mol. The van der Waals surface area contributed by atoms with Crippen LogP contribution in [0.15, 0.2) is 54.6 Å². The van der Waals surface area contributed by atoms with Gasteiger partial charge in [0.25, 0.3) is 0 Å². The van der Waals surface area contributed by atoms with E-state index in [4.69, 9.17) is 16.3 Å². The van der Waals surface area contributed by atoms with Crippen molar-refractivity contribution < 1.29 is 4.74 Å². The minimum Gasteiger partial charge on any atom is -0.497 e. The van der Waals surface area contributed by atoms with E-state index in [0.29, 0.717) is 17.0 Å². The maximum Gasteiger partial charge on any atom is 0.133 e. The predicted octanol–water partition coefficient (Wildman–Crippen LogP) is 5.12. The first kappa shape index (κ1) is 13.6. The zero-order chi connectivity index (χ0) is 15.1. The average Bonchev–Trinajstić information content (AvgIpc) is 3.30. The van der Waals surface area contributed by atoms with Gasteiger partial charge in [-0.05, 0) is 42.0 Å². The summed E-state index contributed by atoms with van der Waals surface area (Å²) in [5, 5.41) is 0.655. The molecule has 0 N–H and O–H groups in total. The van der Waals surface area contributed by atoms with Crippen molar-refractivity contribution in [3.8, 4) is 17.0 Å². The molecule has 1 heterocycles. The van der Waals surface area contributed by atoms with Gasteiger partial charge in [-0.2, -0.15) is 0 Å². The Morgan fingerprint density at radius 3 is 2.55 bits per heavy atom. The fraction of sp³-hybridized carbons (Fsp3) is 0.211. The van der Waals surface area contributed by atoms with Gasteiger partial charge >= 0.3 is 0 Å². The minimum absolute atomic E-state index is 0.466. The van der Waals surface area contributed by atoms with Crippen LogP contribution in [0.2, 0.25) is 5.15 Å². The molecule has 0 spiro atoms. The number of benzene rings is 1. The summed E-state index contributed by atoms with van der Waals surface area (Å²) in [5.41, 5.74) is 4.70. The molecule has 22 heavy (non-hydrogen) atoms. The zero-order valence-corrected chi connectivity index (χ0v) is 13.0. The number of aromatic nitrogens is 1. The molecule has 1 fully saturated rings. The van der Waals surface area contributed by atoms with Crippen LogP contribution in [0.3, 0.4) is 0 Å². The van der Waals surface area contributed by atoms with Gasteiger partial charge in [-0.25, -0.2) is 4.98 Å².